The number of fused-ring (bicyclic) bond motifs is 3. The van der Waals surface area contributed by atoms with E-state index >= 15 is 0 Å². The van der Waals surface area contributed by atoms with Crippen molar-refractivity contribution >= 4 is 44.9 Å². The average Bonchev–Trinajstić information content (AvgIpc) is 3.33. The van der Waals surface area contributed by atoms with Gasteiger partial charge in [0.05, 0.1) is 5.69 Å². The number of carbonyl (C=O) groups excluding carboxylic acids is 1. The zero-order valence-corrected chi connectivity index (χ0v) is 22.2. The SMILES string of the molecule is CC(C)(C)c1ccc(C(=O)Nc2ccc(Nc3ccnc(-c4cccc5c4oc4ccccc45)c3)cc2)cc1. The molecule has 0 atom stereocenters. The maximum Gasteiger partial charge on any atom is 0.255 e. The van der Waals surface area contributed by atoms with Crippen molar-refractivity contribution in [2.45, 2.75) is 26.2 Å². The Labute approximate surface area is 227 Å². The van der Waals surface area contributed by atoms with Crippen molar-refractivity contribution in [3.8, 4) is 11.3 Å². The van der Waals surface area contributed by atoms with Crippen LogP contribution in [0.2, 0.25) is 0 Å². The van der Waals surface area contributed by atoms with Gasteiger partial charge >= 0.3 is 0 Å². The molecule has 2 heterocycles. The van der Waals surface area contributed by atoms with Crippen LogP contribution in [-0.4, -0.2) is 10.9 Å². The van der Waals surface area contributed by atoms with E-state index in [1.807, 2.05) is 91.0 Å². The molecule has 2 N–H and O–H groups in total. The number of benzene rings is 4. The molecule has 0 fully saturated rings. The van der Waals surface area contributed by atoms with E-state index in [0.717, 1.165) is 50.3 Å². The van der Waals surface area contributed by atoms with E-state index in [0.29, 0.717) is 5.56 Å². The highest BCUT2D eigenvalue weighted by Crippen LogP contribution is 2.35. The van der Waals surface area contributed by atoms with Gasteiger partial charge in [0.2, 0.25) is 0 Å². The molecule has 6 aromatic rings. The quantitative estimate of drug-likeness (QED) is 0.242. The molecule has 0 aliphatic heterocycles. The number of aromatic nitrogens is 1. The number of anilines is 3. The van der Waals surface area contributed by atoms with Crippen molar-refractivity contribution in [3.63, 3.8) is 0 Å². The van der Waals surface area contributed by atoms with Crippen LogP contribution < -0.4 is 10.6 Å². The summed E-state index contributed by atoms with van der Waals surface area (Å²) >= 11 is 0. The summed E-state index contributed by atoms with van der Waals surface area (Å²) in [5.74, 6) is -0.130. The fourth-order valence-corrected chi connectivity index (χ4v) is 4.73. The van der Waals surface area contributed by atoms with Crippen LogP contribution in [0.4, 0.5) is 17.1 Å². The monoisotopic (exact) mass is 511 g/mol. The lowest BCUT2D eigenvalue weighted by molar-refractivity contribution is 0.102. The Bertz CT molecular complexity index is 1790. The van der Waals surface area contributed by atoms with Crippen LogP contribution in [0.3, 0.4) is 0 Å². The van der Waals surface area contributed by atoms with Gasteiger partial charge < -0.3 is 15.1 Å². The summed E-state index contributed by atoms with van der Waals surface area (Å²) in [6.45, 7) is 6.47. The number of furan rings is 1. The number of rotatable bonds is 5. The van der Waals surface area contributed by atoms with Crippen LogP contribution in [0.15, 0.2) is 114 Å². The molecule has 0 saturated carbocycles. The van der Waals surface area contributed by atoms with Gasteiger partial charge in [0, 0.05) is 45.2 Å². The Morgan fingerprint density at radius 3 is 2.23 bits per heavy atom. The van der Waals surface area contributed by atoms with Gasteiger partial charge in [-0.1, -0.05) is 63.2 Å². The van der Waals surface area contributed by atoms with Crippen molar-refractivity contribution in [1.82, 2.24) is 4.98 Å². The van der Waals surface area contributed by atoms with Crippen molar-refractivity contribution in [1.29, 1.82) is 0 Å². The zero-order valence-electron chi connectivity index (χ0n) is 22.2. The van der Waals surface area contributed by atoms with Gasteiger partial charge in [0.15, 0.2) is 0 Å². The van der Waals surface area contributed by atoms with Crippen LogP contribution in [0.1, 0.15) is 36.7 Å². The molecule has 5 heteroatoms. The molecule has 0 radical (unpaired) electrons. The first-order valence-corrected chi connectivity index (χ1v) is 13.0. The van der Waals surface area contributed by atoms with Gasteiger partial charge in [-0.15, -0.1) is 0 Å². The highest BCUT2D eigenvalue weighted by molar-refractivity contribution is 6.09. The fourth-order valence-electron chi connectivity index (χ4n) is 4.73. The summed E-state index contributed by atoms with van der Waals surface area (Å²) in [6.07, 6.45) is 1.79. The molecule has 0 aliphatic carbocycles. The second kappa shape index (κ2) is 9.76. The highest BCUT2D eigenvalue weighted by atomic mass is 16.3. The lowest BCUT2D eigenvalue weighted by Crippen LogP contribution is -2.14. The molecular weight excluding hydrogens is 482 g/mol. The number of carbonyl (C=O) groups is 1. The molecule has 0 saturated heterocycles. The molecule has 4 aromatic carbocycles. The third-order valence-electron chi connectivity index (χ3n) is 6.88. The van der Waals surface area contributed by atoms with Crippen LogP contribution in [-0.2, 0) is 5.41 Å². The van der Waals surface area contributed by atoms with Crippen molar-refractivity contribution < 1.29 is 9.21 Å². The molecule has 0 spiro atoms. The summed E-state index contributed by atoms with van der Waals surface area (Å²) in [6, 6.07) is 33.6. The second-order valence-electron chi connectivity index (χ2n) is 10.7. The summed E-state index contributed by atoms with van der Waals surface area (Å²) in [7, 11) is 0. The number of pyridine rings is 1. The first-order valence-electron chi connectivity index (χ1n) is 13.0. The number of nitrogens with one attached hydrogen (secondary N) is 2. The van der Waals surface area contributed by atoms with Crippen molar-refractivity contribution in [2.75, 3.05) is 10.6 Å². The maximum atomic E-state index is 12.7. The standard InChI is InChI=1S/C34H29N3O2/c1-34(2,3)23-13-11-22(12-14-23)33(38)37-25-17-15-24(16-18-25)36-26-19-20-35-30(21-26)29-9-6-8-28-27-7-4-5-10-31(27)39-32(28)29/h4-21H,1-3H3,(H,35,36)(H,37,38). The van der Waals surface area contributed by atoms with E-state index in [1.54, 1.807) is 6.20 Å². The number of hydrogen-bond acceptors (Lipinski definition) is 4. The van der Waals surface area contributed by atoms with Crippen LogP contribution in [0, 0.1) is 0 Å². The van der Waals surface area contributed by atoms with E-state index in [-0.39, 0.29) is 11.3 Å². The van der Waals surface area contributed by atoms with Gasteiger partial charge in [0.1, 0.15) is 11.2 Å². The molecule has 2 aromatic heterocycles. The summed E-state index contributed by atoms with van der Waals surface area (Å²) in [5.41, 5.74) is 7.89. The lowest BCUT2D eigenvalue weighted by Gasteiger charge is -2.19. The number of para-hydroxylation sites is 2. The van der Waals surface area contributed by atoms with Crippen LogP contribution >= 0.6 is 0 Å². The normalized spacial score (nSPS) is 11.6. The number of nitrogens with zero attached hydrogens (tertiary/aromatic N) is 1. The maximum absolute atomic E-state index is 12.7. The minimum Gasteiger partial charge on any atom is -0.455 e. The van der Waals surface area contributed by atoms with Crippen LogP contribution in [0.5, 0.6) is 0 Å². The number of hydrogen-bond donors (Lipinski definition) is 2. The zero-order chi connectivity index (χ0) is 27.0. The first-order chi connectivity index (χ1) is 18.8. The number of amides is 1. The van der Waals surface area contributed by atoms with Gasteiger partial charge in [-0.2, -0.15) is 0 Å². The topological polar surface area (TPSA) is 67.2 Å². The van der Waals surface area contributed by atoms with E-state index < -0.39 is 0 Å². The molecule has 192 valence electrons. The molecule has 39 heavy (non-hydrogen) atoms. The van der Waals surface area contributed by atoms with Gasteiger partial charge in [-0.3, -0.25) is 9.78 Å². The first kappa shape index (κ1) is 24.4. The largest absolute Gasteiger partial charge is 0.455 e. The molecular formula is C34H29N3O2. The van der Waals surface area contributed by atoms with Gasteiger partial charge in [-0.25, -0.2) is 0 Å². The summed E-state index contributed by atoms with van der Waals surface area (Å²) in [4.78, 5) is 17.4. The summed E-state index contributed by atoms with van der Waals surface area (Å²) < 4.78 is 6.20. The van der Waals surface area contributed by atoms with Crippen LogP contribution in [0.25, 0.3) is 33.2 Å². The van der Waals surface area contributed by atoms with Crippen molar-refractivity contribution in [2.24, 2.45) is 0 Å². The Balaban J connectivity index is 1.18. The Kier molecular flexibility index (Phi) is 6.12. The Morgan fingerprint density at radius 2 is 1.46 bits per heavy atom. The third-order valence-corrected chi connectivity index (χ3v) is 6.88. The van der Waals surface area contributed by atoms with Gasteiger partial charge in [0.25, 0.3) is 5.91 Å². The van der Waals surface area contributed by atoms with E-state index in [9.17, 15) is 4.79 Å². The Morgan fingerprint density at radius 1 is 0.744 bits per heavy atom. The fraction of sp³-hybridized carbons (Fsp3) is 0.118. The predicted molar refractivity (Wildman–Crippen MR) is 160 cm³/mol. The highest BCUT2D eigenvalue weighted by Gasteiger charge is 2.15. The van der Waals surface area contributed by atoms with Gasteiger partial charge in [-0.05, 0) is 71.6 Å². The molecule has 6 rings (SSSR count). The average molecular weight is 512 g/mol. The molecule has 1 amide bonds. The van der Waals surface area contributed by atoms with Crippen molar-refractivity contribution in [3.05, 3.63) is 120 Å². The van der Waals surface area contributed by atoms with E-state index in [4.69, 9.17) is 4.42 Å². The van der Waals surface area contributed by atoms with E-state index in [1.165, 1.54) is 5.56 Å². The predicted octanol–water partition coefficient (Wildman–Crippen LogP) is 8.94. The summed E-state index contributed by atoms with van der Waals surface area (Å²) in [5, 5.41) is 8.59. The minimum atomic E-state index is -0.130. The Hall–Kier alpha value is -4.90. The molecule has 0 unspecified atom stereocenters. The smallest absolute Gasteiger partial charge is 0.255 e. The lowest BCUT2D eigenvalue weighted by atomic mass is 9.87. The van der Waals surface area contributed by atoms with E-state index in [2.05, 4.69) is 48.5 Å². The molecule has 0 aliphatic rings. The molecule has 5 nitrogen and oxygen atoms in total. The third kappa shape index (κ3) is 4.99. The second-order valence-corrected chi connectivity index (χ2v) is 10.7. The minimum absolute atomic E-state index is 0.0498. The molecule has 0 bridgehead atoms.